The molecule has 1 rings (SSSR count). The molecule has 0 aliphatic heterocycles. The lowest BCUT2D eigenvalue weighted by Gasteiger charge is -2.01. The van der Waals surface area contributed by atoms with E-state index >= 15 is 0 Å². The van der Waals surface area contributed by atoms with Crippen molar-refractivity contribution in [3.05, 3.63) is 18.7 Å². The molecule has 1 aromatic rings. The van der Waals surface area contributed by atoms with Gasteiger partial charge in [-0.25, -0.2) is 9.67 Å². The average Bonchev–Trinajstić information content (AvgIpc) is 2.33. The number of hydrogen-bond donors (Lipinski definition) is 0. The van der Waals surface area contributed by atoms with E-state index in [2.05, 4.69) is 30.5 Å². The molecule has 1 heterocycles. The highest BCUT2D eigenvalue weighted by atomic mass is 15.3. The third-order valence-corrected chi connectivity index (χ3v) is 1.42. The summed E-state index contributed by atoms with van der Waals surface area (Å²) in [6.07, 6.45) is 1.73. The highest BCUT2D eigenvalue weighted by Gasteiger charge is 2.02. The van der Waals surface area contributed by atoms with E-state index in [1.165, 1.54) is 0 Å². The van der Waals surface area contributed by atoms with Crippen molar-refractivity contribution in [1.29, 1.82) is 0 Å². The van der Waals surface area contributed by atoms with Crippen molar-refractivity contribution in [2.45, 2.75) is 26.8 Å². The minimum absolute atomic E-state index is 0.371. The summed E-state index contributed by atoms with van der Waals surface area (Å²) >= 11 is 0. The maximum atomic E-state index is 4.22. The SMILES string of the molecule is C=C(C)c1ncn(C(C)C)n1. The predicted octanol–water partition coefficient (Wildman–Crippen LogP) is 1.89. The molecular weight excluding hydrogens is 138 g/mol. The minimum Gasteiger partial charge on any atom is -0.250 e. The Labute approximate surface area is 66.8 Å². The fourth-order valence-electron chi connectivity index (χ4n) is 0.719. The van der Waals surface area contributed by atoms with Gasteiger partial charge in [-0.2, -0.15) is 5.10 Å². The van der Waals surface area contributed by atoms with Crippen LogP contribution in [-0.2, 0) is 0 Å². The number of rotatable bonds is 2. The van der Waals surface area contributed by atoms with Gasteiger partial charge in [0.1, 0.15) is 6.33 Å². The maximum absolute atomic E-state index is 4.22. The van der Waals surface area contributed by atoms with Gasteiger partial charge >= 0.3 is 0 Å². The second-order valence-electron chi connectivity index (χ2n) is 2.92. The summed E-state index contributed by atoms with van der Waals surface area (Å²) in [6.45, 7) is 9.80. The third-order valence-electron chi connectivity index (χ3n) is 1.42. The van der Waals surface area contributed by atoms with E-state index in [1.807, 2.05) is 11.6 Å². The zero-order valence-corrected chi connectivity index (χ0v) is 7.20. The van der Waals surface area contributed by atoms with Gasteiger partial charge in [-0.1, -0.05) is 6.58 Å². The van der Waals surface area contributed by atoms with E-state index in [1.54, 1.807) is 6.33 Å². The molecule has 3 heteroatoms. The fraction of sp³-hybridized carbons (Fsp3) is 0.500. The highest BCUT2D eigenvalue weighted by Crippen LogP contribution is 2.06. The van der Waals surface area contributed by atoms with Gasteiger partial charge < -0.3 is 0 Å². The van der Waals surface area contributed by atoms with Crippen LogP contribution >= 0.6 is 0 Å². The van der Waals surface area contributed by atoms with Crippen LogP contribution in [-0.4, -0.2) is 14.8 Å². The second kappa shape index (κ2) is 2.86. The molecule has 0 aliphatic rings. The van der Waals surface area contributed by atoms with Crippen LogP contribution in [0.2, 0.25) is 0 Å². The van der Waals surface area contributed by atoms with Crippen LogP contribution in [0.15, 0.2) is 12.9 Å². The van der Waals surface area contributed by atoms with E-state index < -0.39 is 0 Å². The first-order valence-electron chi connectivity index (χ1n) is 3.68. The molecule has 0 bridgehead atoms. The van der Waals surface area contributed by atoms with Crippen molar-refractivity contribution in [2.75, 3.05) is 0 Å². The van der Waals surface area contributed by atoms with Crippen molar-refractivity contribution >= 4 is 5.57 Å². The topological polar surface area (TPSA) is 30.7 Å². The summed E-state index contributed by atoms with van der Waals surface area (Å²) in [6, 6.07) is 0.371. The molecule has 60 valence electrons. The number of hydrogen-bond acceptors (Lipinski definition) is 2. The molecule has 0 unspecified atom stereocenters. The Bertz CT molecular complexity index is 260. The summed E-state index contributed by atoms with van der Waals surface area (Å²) in [5.74, 6) is 0.735. The van der Waals surface area contributed by atoms with Gasteiger partial charge in [0.2, 0.25) is 0 Å². The van der Waals surface area contributed by atoms with Gasteiger partial charge in [0.05, 0.1) is 0 Å². The van der Waals surface area contributed by atoms with Gasteiger partial charge in [-0.05, 0) is 26.3 Å². The lowest BCUT2D eigenvalue weighted by Crippen LogP contribution is -2.01. The van der Waals surface area contributed by atoms with Crippen LogP contribution in [0.1, 0.15) is 32.6 Å². The van der Waals surface area contributed by atoms with Crippen molar-refractivity contribution in [1.82, 2.24) is 14.8 Å². The summed E-state index contributed by atoms with van der Waals surface area (Å²) < 4.78 is 1.82. The van der Waals surface area contributed by atoms with E-state index in [0.29, 0.717) is 6.04 Å². The Kier molecular flexibility index (Phi) is 2.08. The van der Waals surface area contributed by atoms with Crippen LogP contribution in [0.25, 0.3) is 5.57 Å². The van der Waals surface area contributed by atoms with E-state index in [4.69, 9.17) is 0 Å². The monoisotopic (exact) mass is 151 g/mol. The Hall–Kier alpha value is -1.12. The molecule has 0 amide bonds. The largest absolute Gasteiger partial charge is 0.250 e. The molecule has 0 atom stereocenters. The molecule has 1 aromatic heterocycles. The van der Waals surface area contributed by atoms with Crippen molar-refractivity contribution in [3.8, 4) is 0 Å². The molecule has 11 heavy (non-hydrogen) atoms. The van der Waals surface area contributed by atoms with E-state index in [9.17, 15) is 0 Å². The lowest BCUT2D eigenvalue weighted by molar-refractivity contribution is 0.530. The van der Waals surface area contributed by atoms with Crippen LogP contribution in [0.4, 0.5) is 0 Å². The molecule has 0 saturated heterocycles. The Morgan fingerprint density at radius 3 is 2.55 bits per heavy atom. The van der Waals surface area contributed by atoms with Gasteiger partial charge in [0.15, 0.2) is 5.82 Å². The maximum Gasteiger partial charge on any atom is 0.176 e. The zero-order valence-electron chi connectivity index (χ0n) is 7.20. The Morgan fingerprint density at radius 2 is 2.27 bits per heavy atom. The summed E-state index contributed by atoms with van der Waals surface area (Å²) in [5, 5.41) is 4.22. The third kappa shape index (κ3) is 1.67. The normalized spacial score (nSPS) is 10.5. The molecular formula is C8H13N3. The number of allylic oxidation sites excluding steroid dienone is 1. The van der Waals surface area contributed by atoms with Crippen molar-refractivity contribution < 1.29 is 0 Å². The molecule has 3 nitrogen and oxygen atoms in total. The first-order valence-corrected chi connectivity index (χ1v) is 3.68. The molecule has 0 N–H and O–H groups in total. The van der Waals surface area contributed by atoms with Gasteiger partial charge in [0, 0.05) is 6.04 Å². The van der Waals surface area contributed by atoms with Gasteiger partial charge in [0.25, 0.3) is 0 Å². The first kappa shape index (κ1) is 7.98. The minimum atomic E-state index is 0.371. The highest BCUT2D eigenvalue weighted by molar-refractivity contribution is 5.53. The van der Waals surface area contributed by atoms with Crippen molar-refractivity contribution in [3.63, 3.8) is 0 Å². The van der Waals surface area contributed by atoms with E-state index in [0.717, 1.165) is 11.4 Å². The molecule has 0 aromatic carbocycles. The number of nitrogens with zero attached hydrogens (tertiary/aromatic N) is 3. The molecule has 0 radical (unpaired) electrons. The molecule has 0 fully saturated rings. The second-order valence-corrected chi connectivity index (χ2v) is 2.92. The Morgan fingerprint density at radius 1 is 1.64 bits per heavy atom. The quantitative estimate of drug-likeness (QED) is 0.646. The van der Waals surface area contributed by atoms with Crippen LogP contribution in [0, 0.1) is 0 Å². The van der Waals surface area contributed by atoms with Crippen LogP contribution in [0.3, 0.4) is 0 Å². The predicted molar refractivity (Wildman–Crippen MR) is 45.1 cm³/mol. The van der Waals surface area contributed by atoms with E-state index in [-0.39, 0.29) is 0 Å². The molecule has 0 saturated carbocycles. The zero-order chi connectivity index (χ0) is 8.43. The number of aromatic nitrogens is 3. The summed E-state index contributed by atoms with van der Waals surface area (Å²) in [5.41, 5.74) is 0.907. The smallest absolute Gasteiger partial charge is 0.176 e. The fourth-order valence-corrected chi connectivity index (χ4v) is 0.719. The first-order chi connectivity index (χ1) is 5.11. The van der Waals surface area contributed by atoms with Crippen LogP contribution in [0.5, 0.6) is 0 Å². The Balaban J connectivity index is 2.90. The van der Waals surface area contributed by atoms with Gasteiger partial charge in [-0.15, -0.1) is 0 Å². The summed E-state index contributed by atoms with van der Waals surface area (Å²) in [4.78, 5) is 4.09. The van der Waals surface area contributed by atoms with Crippen LogP contribution < -0.4 is 0 Å². The van der Waals surface area contributed by atoms with Crippen molar-refractivity contribution in [2.24, 2.45) is 0 Å². The van der Waals surface area contributed by atoms with Gasteiger partial charge in [-0.3, -0.25) is 0 Å². The average molecular weight is 151 g/mol. The standard InChI is InChI=1S/C8H13N3/c1-6(2)8-9-5-11(10-8)7(3)4/h5,7H,1H2,2-4H3. The molecule has 0 spiro atoms. The molecule has 0 aliphatic carbocycles. The summed E-state index contributed by atoms with van der Waals surface area (Å²) in [7, 11) is 0. The lowest BCUT2D eigenvalue weighted by atomic mass is 10.3.